The van der Waals surface area contributed by atoms with Gasteiger partial charge in [-0.3, -0.25) is 4.98 Å². The molecular formula is C12H9BrINO. The number of hydrogen-bond donors (Lipinski definition) is 0. The average molecular weight is 390 g/mol. The molecule has 0 saturated heterocycles. The van der Waals surface area contributed by atoms with E-state index < -0.39 is 0 Å². The number of rotatable bonds is 3. The molecule has 0 atom stereocenters. The van der Waals surface area contributed by atoms with Crippen molar-refractivity contribution in [2.24, 2.45) is 0 Å². The molecule has 2 rings (SSSR count). The molecule has 0 fully saturated rings. The monoisotopic (exact) mass is 389 g/mol. The maximum absolute atomic E-state index is 5.68. The number of nitrogens with zero attached hydrogens (tertiary/aromatic N) is 1. The third-order valence-electron chi connectivity index (χ3n) is 2.00. The van der Waals surface area contributed by atoms with Crippen molar-refractivity contribution in [3.8, 4) is 5.75 Å². The van der Waals surface area contributed by atoms with Gasteiger partial charge in [0.2, 0.25) is 0 Å². The van der Waals surface area contributed by atoms with E-state index in [-0.39, 0.29) is 0 Å². The second-order valence-corrected chi connectivity index (χ2v) is 5.26. The quantitative estimate of drug-likeness (QED) is 0.739. The van der Waals surface area contributed by atoms with Gasteiger partial charge in [0.25, 0.3) is 0 Å². The molecule has 1 heterocycles. The highest BCUT2D eigenvalue weighted by Gasteiger charge is 2.00. The van der Waals surface area contributed by atoms with Gasteiger partial charge in [-0.1, -0.05) is 12.1 Å². The van der Waals surface area contributed by atoms with Gasteiger partial charge in [0.15, 0.2) is 0 Å². The summed E-state index contributed by atoms with van der Waals surface area (Å²) in [6, 6.07) is 11.8. The van der Waals surface area contributed by atoms with Crippen molar-refractivity contribution in [2.45, 2.75) is 6.61 Å². The summed E-state index contributed by atoms with van der Waals surface area (Å²) in [5.41, 5.74) is 0.919. The zero-order valence-corrected chi connectivity index (χ0v) is 12.1. The van der Waals surface area contributed by atoms with Gasteiger partial charge in [-0.05, 0) is 62.8 Å². The molecule has 0 aliphatic rings. The van der Waals surface area contributed by atoms with E-state index in [9.17, 15) is 0 Å². The Balaban J connectivity index is 2.02. The van der Waals surface area contributed by atoms with Crippen LogP contribution in [-0.4, -0.2) is 4.98 Å². The summed E-state index contributed by atoms with van der Waals surface area (Å²) in [4.78, 5) is 4.25. The van der Waals surface area contributed by atoms with Gasteiger partial charge in [0.1, 0.15) is 12.4 Å². The largest absolute Gasteiger partial charge is 0.486 e. The Morgan fingerprint density at radius 1 is 1.19 bits per heavy atom. The molecule has 1 aromatic carbocycles. The second-order valence-electron chi connectivity index (χ2n) is 3.19. The molecule has 16 heavy (non-hydrogen) atoms. The molecule has 0 aliphatic heterocycles. The predicted octanol–water partition coefficient (Wildman–Crippen LogP) is 4.03. The molecule has 0 bridgehead atoms. The maximum Gasteiger partial charge on any atom is 0.133 e. The van der Waals surface area contributed by atoms with E-state index in [0.717, 1.165) is 19.5 Å². The number of para-hydroxylation sites is 1. The van der Waals surface area contributed by atoms with Crippen LogP contribution in [0.5, 0.6) is 5.75 Å². The molecule has 0 amide bonds. The Bertz CT molecular complexity index is 473. The van der Waals surface area contributed by atoms with Crippen LogP contribution >= 0.6 is 38.5 Å². The summed E-state index contributed by atoms with van der Waals surface area (Å²) in [5.74, 6) is 0.896. The first-order valence-corrected chi connectivity index (χ1v) is 6.60. The number of benzene rings is 1. The Kier molecular flexibility index (Phi) is 4.17. The Hall–Kier alpha value is -0.620. The van der Waals surface area contributed by atoms with Crippen molar-refractivity contribution in [2.75, 3.05) is 0 Å². The van der Waals surface area contributed by atoms with Gasteiger partial charge in [0.05, 0.1) is 9.26 Å². The summed E-state index contributed by atoms with van der Waals surface area (Å²) < 4.78 is 7.76. The van der Waals surface area contributed by atoms with Gasteiger partial charge in [-0.2, -0.15) is 0 Å². The fraction of sp³-hybridized carbons (Fsp3) is 0.0833. The number of hydrogen-bond acceptors (Lipinski definition) is 2. The summed E-state index contributed by atoms with van der Waals surface area (Å²) >= 11 is 5.60. The van der Waals surface area contributed by atoms with E-state index in [4.69, 9.17) is 4.74 Å². The van der Waals surface area contributed by atoms with Crippen molar-refractivity contribution in [3.05, 3.63) is 56.3 Å². The molecule has 2 aromatic rings. The minimum atomic E-state index is 0.493. The zero-order chi connectivity index (χ0) is 11.4. The molecule has 4 heteroatoms. The van der Waals surface area contributed by atoms with Crippen LogP contribution in [0.25, 0.3) is 0 Å². The van der Waals surface area contributed by atoms with Gasteiger partial charge >= 0.3 is 0 Å². The number of halogens is 2. The fourth-order valence-corrected chi connectivity index (χ4v) is 1.98. The Morgan fingerprint density at radius 3 is 2.69 bits per heavy atom. The van der Waals surface area contributed by atoms with E-state index in [0.29, 0.717) is 6.61 Å². The van der Waals surface area contributed by atoms with E-state index in [1.54, 1.807) is 6.20 Å². The normalized spacial score (nSPS) is 10.1. The van der Waals surface area contributed by atoms with Gasteiger partial charge in [-0.15, -0.1) is 0 Å². The molecule has 0 N–H and O–H groups in total. The third kappa shape index (κ3) is 3.18. The van der Waals surface area contributed by atoms with Gasteiger partial charge < -0.3 is 4.74 Å². The van der Waals surface area contributed by atoms with E-state index in [2.05, 4.69) is 43.5 Å². The van der Waals surface area contributed by atoms with Crippen molar-refractivity contribution < 1.29 is 4.74 Å². The first kappa shape index (κ1) is 11.9. The lowest BCUT2D eigenvalue weighted by Gasteiger charge is -2.07. The molecule has 0 unspecified atom stereocenters. The lowest BCUT2D eigenvalue weighted by atomic mass is 10.3. The van der Waals surface area contributed by atoms with Crippen LogP contribution in [0.1, 0.15) is 5.69 Å². The van der Waals surface area contributed by atoms with Crippen LogP contribution in [0.2, 0.25) is 0 Å². The van der Waals surface area contributed by atoms with Crippen LogP contribution in [0.15, 0.2) is 47.1 Å². The first-order valence-electron chi connectivity index (χ1n) is 4.73. The SMILES string of the molecule is Brc1ccc(COc2ccccc2I)nc1. The minimum Gasteiger partial charge on any atom is -0.486 e. The number of aromatic nitrogens is 1. The van der Waals surface area contributed by atoms with Crippen LogP contribution in [-0.2, 0) is 6.61 Å². The molecule has 0 saturated carbocycles. The standard InChI is InChI=1S/C12H9BrINO/c13-9-5-6-10(15-7-9)8-16-12-4-2-1-3-11(12)14/h1-7H,8H2. The second kappa shape index (κ2) is 5.63. The summed E-state index contributed by atoms with van der Waals surface area (Å²) in [6.45, 7) is 0.493. The first-order chi connectivity index (χ1) is 7.75. The highest BCUT2D eigenvalue weighted by Crippen LogP contribution is 2.20. The molecule has 82 valence electrons. The van der Waals surface area contributed by atoms with Crippen molar-refractivity contribution in [1.82, 2.24) is 4.98 Å². The molecule has 2 nitrogen and oxygen atoms in total. The van der Waals surface area contributed by atoms with Crippen molar-refractivity contribution in [3.63, 3.8) is 0 Å². The molecule has 0 aliphatic carbocycles. The van der Waals surface area contributed by atoms with Gasteiger partial charge in [0, 0.05) is 10.7 Å². The van der Waals surface area contributed by atoms with Crippen LogP contribution in [0.3, 0.4) is 0 Å². The highest BCUT2D eigenvalue weighted by molar-refractivity contribution is 14.1. The molecule has 0 spiro atoms. The maximum atomic E-state index is 5.68. The Labute approximate surface area is 116 Å². The predicted molar refractivity (Wildman–Crippen MR) is 75.4 cm³/mol. The Morgan fingerprint density at radius 2 is 2.00 bits per heavy atom. The lowest BCUT2D eigenvalue weighted by Crippen LogP contribution is -1.98. The molecule has 0 radical (unpaired) electrons. The van der Waals surface area contributed by atoms with Crippen molar-refractivity contribution >= 4 is 38.5 Å². The number of ether oxygens (including phenoxy) is 1. The van der Waals surface area contributed by atoms with E-state index in [1.807, 2.05) is 36.4 Å². The van der Waals surface area contributed by atoms with E-state index in [1.165, 1.54) is 0 Å². The zero-order valence-electron chi connectivity index (χ0n) is 8.36. The highest BCUT2D eigenvalue weighted by atomic mass is 127. The molecule has 1 aromatic heterocycles. The van der Waals surface area contributed by atoms with Crippen LogP contribution in [0.4, 0.5) is 0 Å². The fourth-order valence-electron chi connectivity index (χ4n) is 1.21. The average Bonchev–Trinajstić information content (AvgIpc) is 2.30. The van der Waals surface area contributed by atoms with Crippen LogP contribution < -0.4 is 4.74 Å². The van der Waals surface area contributed by atoms with E-state index >= 15 is 0 Å². The van der Waals surface area contributed by atoms with Crippen LogP contribution in [0, 0.1) is 3.57 Å². The lowest BCUT2D eigenvalue weighted by molar-refractivity contribution is 0.299. The summed E-state index contributed by atoms with van der Waals surface area (Å²) in [6.07, 6.45) is 1.77. The molecular weight excluding hydrogens is 381 g/mol. The summed E-state index contributed by atoms with van der Waals surface area (Å²) in [5, 5.41) is 0. The van der Waals surface area contributed by atoms with Gasteiger partial charge in [-0.25, -0.2) is 0 Å². The smallest absolute Gasteiger partial charge is 0.133 e. The summed E-state index contributed by atoms with van der Waals surface area (Å²) in [7, 11) is 0. The third-order valence-corrected chi connectivity index (χ3v) is 3.36. The van der Waals surface area contributed by atoms with Crippen molar-refractivity contribution in [1.29, 1.82) is 0 Å². The topological polar surface area (TPSA) is 22.1 Å². The minimum absolute atomic E-state index is 0.493. The number of pyridine rings is 1.